The van der Waals surface area contributed by atoms with E-state index in [1.807, 2.05) is 18.2 Å². The molecule has 2 nitrogen and oxygen atoms in total. The third-order valence-corrected chi connectivity index (χ3v) is 4.41. The minimum absolute atomic E-state index is 0.219. The van der Waals surface area contributed by atoms with Crippen molar-refractivity contribution < 1.29 is 5.11 Å². The molecule has 1 fully saturated rings. The van der Waals surface area contributed by atoms with E-state index in [0.717, 1.165) is 19.4 Å². The number of aliphatic hydroxyl groups excluding tert-OH is 1. The molecule has 19 heavy (non-hydrogen) atoms. The maximum Gasteiger partial charge on any atom is 0.0592 e. The van der Waals surface area contributed by atoms with Crippen LogP contribution in [0.15, 0.2) is 30.3 Å². The van der Waals surface area contributed by atoms with Gasteiger partial charge in [0.25, 0.3) is 0 Å². The van der Waals surface area contributed by atoms with E-state index in [1.165, 1.54) is 24.8 Å². The first kappa shape index (κ1) is 14.5. The van der Waals surface area contributed by atoms with Gasteiger partial charge in [-0.2, -0.15) is 0 Å². The van der Waals surface area contributed by atoms with Gasteiger partial charge in [-0.15, -0.1) is 0 Å². The highest BCUT2D eigenvalue weighted by Gasteiger charge is 2.24. The summed E-state index contributed by atoms with van der Waals surface area (Å²) in [6.45, 7) is 5.66. The lowest BCUT2D eigenvalue weighted by Crippen LogP contribution is -2.44. The fraction of sp³-hybridized carbons (Fsp3) is 0.647. The topological polar surface area (TPSA) is 23.5 Å². The van der Waals surface area contributed by atoms with Gasteiger partial charge in [0, 0.05) is 18.6 Å². The van der Waals surface area contributed by atoms with E-state index < -0.39 is 0 Å². The second-order valence-electron chi connectivity index (χ2n) is 6.00. The van der Waals surface area contributed by atoms with Gasteiger partial charge in [-0.3, -0.25) is 4.90 Å². The highest BCUT2D eigenvalue weighted by atomic mass is 16.3. The maximum atomic E-state index is 10.2. The molecule has 1 aromatic carbocycles. The number of aliphatic hydroxyl groups is 1. The molecule has 0 unspecified atom stereocenters. The number of hydrogen-bond acceptors (Lipinski definition) is 2. The van der Waals surface area contributed by atoms with Crippen LogP contribution in [0, 0.1) is 0 Å². The monoisotopic (exact) mass is 261 g/mol. The first-order valence-electron chi connectivity index (χ1n) is 7.64. The molecule has 0 bridgehead atoms. The third-order valence-electron chi connectivity index (χ3n) is 4.41. The molecule has 0 saturated carbocycles. The van der Waals surface area contributed by atoms with Crippen LogP contribution in [0.5, 0.6) is 0 Å². The van der Waals surface area contributed by atoms with Crippen LogP contribution in [-0.2, 0) is 6.42 Å². The molecule has 0 aliphatic carbocycles. The Hall–Kier alpha value is -0.860. The van der Waals surface area contributed by atoms with E-state index in [9.17, 15) is 5.11 Å². The zero-order chi connectivity index (χ0) is 13.7. The summed E-state index contributed by atoms with van der Waals surface area (Å²) in [5, 5.41) is 10.2. The number of likely N-dealkylation sites (tertiary alicyclic amines) is 1. The largest absolute Gasteiger partial charge is 0.393 e. The van der Waals surface area contributed by atoms with Gasteiger partial charge in [-0.25, -0.2) is 0 Å². The quantitative estimate of drug-likeness (QED) is 0.879. The lowest BCUT2D eigenvalue weighted by Gasteiger charge is -2.39. The van der Waals surface area contributed by atoms with Gasteiger partial charge in [-0.05, 0) is 45.1 Å². The number of nitrogens with zero attached hydrogens (tertiary/aromatic N) is 1. The van der Waals surface area contributed by atoms with Gasteiger partial charge in [0.1, 0.15) is 0 Å². The summed E-state index contributed by atoms with van der Waals surface area (Å²) in [4.78, 5) is 2.57. The van der Waals surface area contributed by atoms with Crippen LogP contribution in [0.2, 0.25) is 0 Å². The van der Waals surface area contributed by atoms with Crippen LogP contribution in [-0.4, -0.2) is 34.7 Å². The molecule has 0 radical (unpaired) electrons. The molecule has 1 saturated heterocycles. The van der Waals surface area contributed by atoms with E-state index in [1.54, 1.807) is 0 Å². The molecule has 0 aromatic heterocycles. The van der Waals surface area contributed by atoms with Crippen LogP contribution in [0.1, 0.15) is 45.1 Å². The van der Waals surface area contributed by atoms with Crippen LogP contribution in [0.3, 0.4) is 0 Å². The SMILES string of the molecule is C[C@H]1CCC[C@H](C)N1CC[C@H](O)Cc1ccccc1. The Morgan fingerprint density at radius 1 is 1.16 bits per heavy atom. The number of rotatable bonds is 5. The summed E-state index contributed by atoms with van der Waals surface area (Å²) in [5.74, 6) is 0. The molecule has 2 heteroatoms. The van der Waals surface area contributed by atoms with Crippen molar-refractivity contribution in [2.75, 3.05) is 6.54 Å². The summed E-state index contributed by atoms with van der Waals surface area (Å²) in [5.41, 5.74) is 1.23. The smallest absolute Gasteiger partial charge is 0.0592 e. The van der Waals surface area contributed by atoms with Crippen molar-refractivity contribution >= 4 is 0 Å². The van der Waals surface area contributed by atoms with Crippen molar-refractivity contribution in [1.29, 1.82) is 0 Å². The Kier molecular flexibility index (Phi) is 5.41. The normalized spacial score (nSPS) is 26.3. The van der Waals surface area contributed by atoms with Gasteiger partial charge in [0.05, 0.1) is 6.10 Å². The molecule has 3 atom stereocenters. The lowest BCUT2D eigenvalue weighted by molar-refractivity contribution is 0.0750. The predicted octanol–water partition coefficient (Wildman–Crippen LogP) is 3.24. The average molecular weight is 261 g/mol. The second-order valence-corrected chi connectivity index (χ2v) is 6.00. The number of benzene rings is 1. The Morgan fingerprint density at radius 2 is 1.79 bits per heavy atom. The van der Waals surface area contributed by atoms with E-state index in [0.29, 0.717) is 12.1 Å². The van der Waals surface area contributed by atoms with Crippen molar-refractivity contribution in [2.45, 2.75) is 64.1 Å². The highest BCUT2D eigenvalue weighted by Crippen LogP contribution is 2.22. The van der Waals surface area contributed by atoms with Crippen molar-refractivity contribution in [3.8, 4) is 0 Å². The molecular formula is C17H27NO. The van der Waals surface area contributed by atoms with Crippen LogP contribution in [0.4, 0.5) is 0 Å². The molecule has 106 valence electrons. The standard InChI is InChI=1S/C17H27NO/c1-14-7-6-8-15(2)18(14)12-11-17(19)13-16-9-4-3-5-10-16/h3-5,9-10,14-15,17,19H,6-8,11-13H2,1-2H3/t14-,15-,17-/m0/s1. The summed E-state index contributed by atoms with van der Waals surface area (Å²) < 4.78 is 0. The Balaban J connectivity index is 1.78. The Labute approximate surface area is 117 Å². The summed E-state index contributed by atoms with van der Waals surface area (Å²) in [7, 11) is 0. The molecular weight excluding hydrogens is 234 g/mol. The minimum Gasteiger partial charge on any atom is -0.393 e. The fourth-order valence-electron chi connectivity index (χ4n) is 3.20. The van der Waals surface area contributed by atoms with E-state index in [-0.39, 0.29) is 6.10 Å². The number of piperidine rings is 1. The molecule has 1 aliphatic heterocycles. The van der Waals surface area contributed by atoms with Gasteiger partial charge in [0.2, 0.25) is 0 Å². The average Bonchev–Trinajstić information content (AvgIpc) is 2.39. The van der Waals surface area contributed by atoms with Crippen molar-refractivity contribution in [1.82, 2.24) is 4.90 Å². The second kappa shape index (κ2) is 7.06. The van der Waals surface area contributed by atoms with Crippen molar-refractivity contribution in [3.05, 3.63) is 35.9 Å². The Bertz CT molecular complexity index is 355. The highest BCUT2D eigenvalue weighted by molar-refractivity contribution is 5.15. The Morgan fingerprint density at radius 3 is 2.42 bits per heavy atom. The van der Waals surface area contributed by atoms with Crippen LogP contribution >= 0.6 is 0 Å². The van der Waals surface area contributed by atoms with Gasteiger partial charge in [0.15, 0.2) is 0 Å². The molecule has 1 aromatic rings. The van der Waals surface area contributed by atoms with Crippen molar-refractivity contribution in [3.63, 3.8) is 0 Å². The number of hydrogen-bond donors (Lipinski definition) is 1. The third kappa shape index (κ3) is 4.32. The molecule has 0 spiro atoms. The molecule has 1 heterocycles. The van der Waals surface area contributed by atoms with Crippen molar-refractivity contribution in [2.24, 2.45) is 0 Å². The van der Waals surface area contributed by atoms with E-state index in [2.05, 4.69) is 30.9 Å². The first-order chi connectivity index (χ1) is 9.16. The van der Waals surface area contributed by atoms with E-state index in [4.69, 9.17) is 0 Å². The lowest BCUT2D eigenvalue weighted by atomic mass is 9.96. The van der Waals surface area contributed by atoms with Gasteiger partial charge in [-0.1, -0.05) is 36.8 Å². The first-order valence-corrected chi connectivity index (χ1v) is 7.64. The zero-order valence-corrected chi connectivity index (χ0v) is 12.3. The van der Waals surface area contributed by atoms with Gasteiger partial charge < -0.3 is 5.11 Å². The minimum atomic E-state index is -0.219. The zero-order valence-electron chi connectivity index (χ0n) is 12.3. The van der Waals surface area contributed by atoms with E-state index >= 15 is 0 Å². The van der Waals surface area contributed by atoms with Crippen LogP contribution < -0.4 is 0 Å². The fourth-order valence-corrected chi connectivity index (χ4v) is 3.20. The maximum absolute atomic E-state index is 10.2. The molecule has 1 aliphatic rings. The van der Waals surface area contributed by atoms with Crippen LogP contribution in [0.25, 0.3) is 0 Å². The molecule has 1 N–H and O–H groups in total. The van der Waals surface area contributed by atoms with Gasteiger partial charge >= 0.3 is 0 Å². The summed E-state index contributed by atoms with van der Waals surface area (Å²) in [6, 6.07) is 11.6. The molecule has 0 amide bonds. The summed E-state index contributed by atoms with van der Waals surface area (Å²) in [6.07, 6.45) is 5.40. The predicted molar refractivity (Wildman–Crippen MR) is 80.3 cm³/mol. The summed E-state index contributed by atoms with van der Waals surface area (Å²) >= 11 is 0. The molecule has 2 rings (SSSR count).